The molecule has 0 spiro atoms. The molecule has 0 aromatic rings. The summed E-state index contributed by atoms with van der Waals surface area (Å²) in [7, 11) is -4.38. The van der Waals surface area contributed by atoms with E-state index in [9.17, 15) is 19.0 Å². The number of carbonyl (C=O) groups excluding carboxylic acids is 2. The third-order valence-corrected chi connectivity index (χ3v) is 12.3. The molecule has 9 nitrogen and oxygen atoms in total. The van der Waals surface area contributed by atoms with Crippen molar-refractivity contribution in [1.29, 1.82) is 0 Å². The zero-order valence-corrected chi connectivity index (χ0v) is 40.8. The van der Waals surface area contributed by atoms with Gasteiger partial charge in [0.25, 0.3) is 0 Å². The lowest BCUT2D eigenvalue weighted by Crippen LogP contribution is -2.29. The highest BCUT2D eigenvalue weighted by Gasteiger charge is 2.26. The van der Waals surface area contributed by atoms with Crippen molar-refractivity contribution in [2.75, 3.05) is 26.4 Å². The summed E-state index contributed by atoms with van der Waals surface area (Å²) < 4.78 is 32.9. The highest BCUT2D eigenvalue weighted by atomic mass is 31.2. The average molecular weight is 884 g/mol. The first-order chi connectivity index (χ1) is 29.8. The second-order valence-electron chi connectivity index (χ2n) is 17.4. The molecule has 2 unspecified atom stereocenters. The van der Waals surface area contributed by atoms with E-state index in [0.29, 0.717) is 6.42 Å². The van der Waals surface area contributed by atoms with Crippen LogP contribution in [0.4, 0.5) is 0 Å². The van der Waals surface area contributed by atoms with Crippen LogP contribution in [0.1, 0.15) is 258 Å². The van der Waals surface area contributed by atoms with Crippen LogP contribution in [0, 0.1) is 0 Å². The van der Waals surface area contributed by atoms with Gasteiger partial charge in [-0.3, -0.25) is 18.6 Å². The Morgan fingerprint density at radius 1 is 0.492 bits per heavy atom. The second-order valence-corrected chi connectivity index (χ2v) is 18.9. The van der Waals surface area contributed by atoms with Gasteiger partial charge in [-0.15, -0.1) is 0 Å². The molecule has 360 valence electrons. The van der Waals surface area contributed by atoms with Crippen molar-refractivity contribution in [1.82, 2.24) is 0 Å². The summed E-state index contributed by atoms with van der Waals surface area (Å²) in [6.45, 7) is 3.77. The third kappa shape index (κ3) is 47.8. The Morgan fingerprint density at radius 2 is 0.852 bits per heavy atom. The SMILES string of the molecule is CCCCCCC/C=C\C/C=C\CCCCCCCCCCCCCC(=O)OC(COC(=O)CCCCCCCCCCCCCCCCCCC)COP(=O)(O)OCCN. The van der Waals surface area contributed by atoms with Gasteiger partial charge in [-0.1, -0.05) is 224 Å². The lowest BCUT2D eigenvalue weighted by molar-refractivity contribution is -0.161. The highest BCUT2D eigenvalue weighted by Crippen LogP contribution is 2.43. The zero-order chi connectivity index (χ0) is 44.6. The fraction of sp³-hybridized carbons (Fsp3) is 0.882. The van der Waals surface area contributed by atoms with Crippen molar-refractivity contribution in [3.63, 3.8) is 0 Å². The molecule has 0 saturated heterocycles. The van der Waals surface area contributed by atoms with Gasteiger partial charge in [-0.25, -0.2) is 4.57 Å². The van der Waals surface area contributed by atoms with E-state index in [0.717, 1.165) is 44.9 Å². The van der Waals surface area contributed by atoms with Crippen LogP contribution in [-0.2, 0) is 32.7 Å². The van der Waals surface area contributed by atoms with Crippen molar-refractivity contribution >= 4 is 19.8 Å². The minimum absolute atomic E-state index is 0.0552. The lowest BCUT2D eigenvalue weighted by Gasteiger charge is -2.19. The van der Waals surface area contributed by atoms with E-state index >= 15 is 0 Å². The number of hydrogen-bond donors (Lipinski definition) is 2. The molecule has 0 saturated carbocycles. The van der Waals surface area contributed by atoms with E-state index < -0.39 is 26.5 Å². The molecule has 0 rings (SSSR count). The summed E-state index contributed by atoms with van der Waals surface area (Å²) in [4.78, 5) is 35.0. The molecular weight excluding hydrogens is 786 g/mol. The molecule has 0 fully saturated rings. The molecule has 0 aliphatic carbocycles. The fourth-order valence-corrected chi connectivity index (χ4v) is 8.26. The molecule has 10 heteroatoms. The van der Waals surface area contributed by atoms with Gasteiger partial charge < -0.3 is 20.1 Å². The Hall–Kier alpha value is -1.51. The maximum atomic E-state index is 12.7. The molecule has 0 aromatic carbocycles. The molecule has 0 amide bonds. The predicted octanol–water partition coefficient (Wildman–Crippen LogP) is 15.5. The van der Waals surface area contributed by atoms with Crippen LogP contribution in [-0.4, -0.2) is 49.3 Å². The van der Waals surface area contributed by atoms with E-state index in [1.54, 1.807) is 0 Å². The molecular formula is C51H98NO8P. The van der Waals surface area contributed by atoms with Gasteiger partial charge in [-0.05, 0) is 44.9 Å². The quantitative estimate of drug-likeness (QED) is 0.0265. The second kappa shape index (κ2) is 48.0. The highest BCUT2D eigenvalue weighted by molar-refractivity contribution is 7.47. The Balaban J connectivity index is 4.01. The topological polar surface area (TPSA) is 134 Å². The first kappa shape index (κ1) is 59.5. The van der Waals surface area contributed by atoms with Crippen LogP contribution in [0.5, 0.6) is 0 Å². The molecule has 61 heavy (non-hydrogen) atoms. The molecule has 0 aliphatic rings. The van der Waals surface area contributed by atoms with Crippen LogP contribution in [0.25, 0.3) is 0 Å². The summed E-state index contributed by atoms with van der Waals surface area (Å²) in [6.07, 6.45) is 53.5. The first-order valence-corrected chi connectivity index (χ1v) is 27.3. The summed E-state index contributed by atoms with van der Waals surface area (Å²) in [5, 5.41) is 0. The average Bonchev–Trinajstić information content (AvgIpc) is 3.25. The van der Waals surface area contributed by atoms with Crippen molar-refractivity contribution in [3.05, 3.63) is 24.3 Å². The van der Waals surface area contributed by atoms with Crippen molar-refractivity contribution in [2.45, 2.75) is 264 Å². The normalized spacial score (nSPS) is 13.3. The number of nitrogens with two attached hydrogens (primary N) is 1. The molecule has 0 radical (unpaired) electrons. The van der Waals surface area contributed by atoms with Gasteiger partial charge >= 0.3 is 19.8 Å². The summed E-state index contributed by atoms with van der Waals surface area (Å²) >= 11 is 0. The van der Waals surface area contributed by atoms with Crippen LogP contribution in [0.3, 0.4) is 0 Å². The van der Waals surface area contributed by atoms with E-state index in [2.05, 4.69) is 38.2 Å². The van der Waals surface area contributed by atoms with E-state index in [1.807, 2.05) is 0 Å². The zero-order valence-electron chi connectivity index (χ0n) is 39.9. The van der Waals surface area contributed by atoms with Crippen molar-refractivity contribution < 1.29 is 37.6 Å². The smallest absolute Gasteiger partial charge is 0.462 e. The molecule has 0 aromatic heterocycles. The predicted molar refractivity (Wildman–Crippen MR) is 257 cm³/mol. The molecule has 2 atom stereocenters. The van der Waals surface area contributed by atoms with Crippen molar-refractivity contribution in [2.24, 2.45) is 5.73 Å². The molecule has 0 heterocycles. The number of rotatable bonds is 49. The molecule has 3 N–H and O–H groups in total. The van der Waals surface area contributed by atoms with Gasteiger partial charge in [-0.2, -0.15) is 0 Å². The number of ether oxygens (including phenoxy) is 2. The Morgan fingerprint density at radius 3 is 1.25 bits per heavy atom. The number of carbonyl (C=O) groups is 2. The Bertz CT molecular complexity index is 1050. The maximum absolute atomic E-state index is 12.7. The number of phosphoric ester groups is 1. The largest absolute Gasteiger partial charge is 0.472 e. The summed E-state index contributed by atoms with van der Waals surface area (Å²) in [6, 6.07) is 0. The van der Waals surface area contributed by atoms with Crippen LogP contribution >= 0.6 is 7.82 Å². The third-order valence-electron chi connectivity index (χ3n) is 11.3. The van der Waals surface area contributed by atoms with E-state index in [1.165, 1.54) is 180 Å². The number of unbranched alkanes of at least 4 members (excludes halogenated alkanes) is 32. The summed E-state index contributed by atoms with van der Waals surface area (Å²) in [5.41, 5.74) is 5.37. The standard InChI is InChI=1S/C51H98NO8P/c1-3-5-7-9-11-13-15-17-19-21-22-23-24-25-26-28-30-32-34-36-38-40-42-44-51(54)60-49(48-59-61(55,56)58-46-45-52)47-57-50(53)43-41-39-37-35-33-31-29-27-20-18-16-14-12-10-8-6-4-2/h15,17,21-22,49H,3-14,16,18-20,23-48,52H2,1-2H3,(H,55,56)/b17-15-,22-21-. The minimum atomic E-state index is -4.38. The monoisotopic (exact) mass is 884 g/mol. The Labute approximate surface area is 376 Å². The first-order valence-electron chi connectivity index (χ1n) is 25.8. The van der Waals surface area contributed by atoms with Gasteiger partial charge in [0.2, 0.25) is 0 Å². The number of esters is 2. The maximum Gasteiger partial charge on any atom is 0.472 e. The van der Waals surface area contributed by atoms with Gasteiger partial charge in [0, 0.05) is 19.4 Å². The van der Waals surface area contributed by atoms with Crippen molar-refractivity contribution in [3.8, 4) is 0 Å². The molecule has 0 aliphatic heterocycles. The number of hydrogen-bond acceptors (Lipinski definition) is 8. The summed E-state index contributed by atoms with van der Waals surface area (Å²) in [5.74, 6) is -0.817. The lowest BCUT2D eigenvalue weighted by atomic mass is 10.0. The fourth-order valence-electron chi connectivity index (χ4n) is 7.49. The van der Waals surface area contributed by atoms with Gasteiger partial charge in [0.15, 0.2) is 6.10 Å². The van der Waals surface area contributed by atoms with Crippen LogP contribution < -0.4 is 5.73 Å². The number of phosphoric acid groups is 1. The van der Waals surface area contributed by atoms with Crippen LogP contribution in [0.2, 0.25) is 0 Å². The van der Waals surface area contributed by atoms with Gasteiger partial charge in [0.1, 0.15) is 6.61 Å². The van der Waals surface area contributed by atoms with Crippen LogP contribution in [0.15, 0.2) is 24.3 Å². The minimum Gasteiger partial charge on any atom is -0.462 e. The van der Waals surface area contributed by atoms with E-state index in [4.69, 9.17) is 24.3 Å². The van der Waals surface area contributed by atoms with E-state index in [-0.39, 0.29) is 38.6 Å². The molecule has 0 bridgehead atoms. The van der Waals surface area contributed by atoms with Gasteiger partial charge in [0.05, 0.1) is 13.2 Å². The number of allylic oxidation sites excluding steroid dienone is 4. The Kier molecular flexibility index (Phi) is 46.8.